The SMILES string of the molecule is CC/C=C\C/C=C\C/C=C\C/C=C\C/C=C\CCCC(=O)OCC(COCCCCCCCCC/C=C\C/C=C\C/C=C\C/C=C\CC)OC(=O)CCCCCCCCCCCCC. The number of rotatable bonds is 47. The predicted octanol–water partition coefficient (Wildman–Crippen LogP) is 18.0. The summed E-state index contributed by atoms with van der Waals surface area (Å²) in [5.41, 5.74) is 0. The van der Waals surface area contributed by atoms with Crippen LogP contribution in [0, 0.1) is 0 Å². The summed E-state index contributed by atoms with van der Waals surface area (Å²) in [4.78, 5) is 25.4. The molecule has 64 heavy (non-hydrogen) atoms. The van der Waals surface area contributed by atoms with Gasteiger partial charge in [-0.1, -0.05) is 226 Å². The van der Waals surface area contributed by atoms with Crippen LogP contribution in [-0.2, 0) is 23.8 Å². The van der Waals surface area contributed by atoms with Gasteiger partial charge in [0.2, 0.25) is 0 Å². The van der Waals surface area contributed by atoms with Gasteiger partial charge in [0.1, 0.15) is 6.61 Å². The van der Waals surface area contributed by atoms with E-state index in [1.54, 1.807) is 0 Å². The van der Waals surface area contributed by atoms with Crippen LogP contribution in [0.1, 0.15) is 226 Å². The molecule has 0 heterocycles. The van der Waals surface area contributed by atoms with Crippen molar-refractivity contribution in [1.82, 2.24) is 0 Å². The van der Waals surface area contributed by atoms with E-state index >= 15 is 0 Å². The molecule has 0 aliphatic heterocycles. The van der Waals surface area contributed by atoms with Gasteiger partial charge in [0, 0.05) is 19.4 Å². The highest BCUT2D eigenvalue weighted by Crippen LogP contribution is 2.14. The Morgan fingerprint density at radius 2 is 0.719 bits per heavy atom. The molecule has 0 fully saturated rings. The minimum atomic E-state index is -0.569. The molecule has 0 N–H and O–H groups in total. The van der Waals surface area contributed by atoms with Crippen LogP contribution >= 0.6 is 0 Å². The molecular formula is C59H98O5. The molecule has 1 atom stereocenters. The molecule has 0 aliphatic carbocycles. The number of esters is 2. The Kier molecular flexibility index (Phi) is 51.0. The molecule has 0 aliphatic rings. The summed E-state index contributed by atoms with van der Waals surface area (Å²) in [6, 6.07) is 0. The summed E-state index contributed by atoms with van der Waals surface area (Å²) in [5, 5.41) is 0. The molecule has 5 heteroatoms. The molecule has 0 amide bonds. The van der Waals surface area contributed by atoms with Crippen LogP contribution in [0.4, 0.5) is 0 Å². The van der Waals surface area contributed by atoms with E-state index in [-0.39, 0.29) is 25.2 Å². The summed E-state index contributed by atoms with van der Waals surface area (Å²) < 4.78 is 17.4. The maximum atomic E-state index is 12.8. The number of hydrogen-bond donors (Lipinski definition) is 0. The van der Waals surface area contributed by atoms with Gasteiger partial charge in [-0.3, -0.25) is 9.59 Å². The highest BCUT2D eigenvalue weighted by atomic mass is 16.6. The fourth-order valence-corrected chi connectivity index (χ4v) is 6.95. The monoisotopic (exact) mass is 887 g/mol. The van der Waals surface area contributed by atoms with Crippen molar-refractivity contribution in [2.45, 2.75) is 232 Å². The van der Waals surface area contributed by atoms with E-state index in [1.165, 1.54) is 83.5 Å². The van der Waals surface area contributed by atoms with E-state index in [4.69, 9.17) is 14.2 Å². The summed E-state index contributed by atoms with van der Waals surface area (Å²) in [6.07, 6.45) is 73.9. The molecule has 0 bridgehead atoms. The maximum absolute atomic E-state index is 12.8. The number of allylic oxidation sites excluding steroid dienone is 18. The van der Waals surface area contributed by atoms with Gasteiger partial charge >= 0.3 is 11.9 Å². The van der Waals surface area contributed by atoms with Crippen molar-refractivity contribution < 1.29 is 23.8 Å². The third kappa shape index (κ3) is 51.2. The summed E-state index contributed by atoms with van der Waals surface area (Å²) >= 11 is 0. The van der Waals surface area contributed by atoms with Gasteiger partial charge in [-0.15, -0.1) is 0 Å². The van der Waals surface area contributed by atoms with Crippen molar-refractivity contribution in [2.75, 3.05) is 19.8 Å². The van der Waals surface area contributed by atoms with Gasteiger partial charge in [-0.2, -0.15) is 0 Å². The third-order valence-electron chi connectivity index (χ3n) is 10.8. The van der Waals surface area contributed by atoms with Gasteiger partial charge in [-0.05, 0) is 96.3 Å². The second-order valence-corrected chi connectivity index (χ2v) is 17.0. The van der Waals surface area contributed by atoms with E-state index in [2.05, 4.69) is 130 Å². The fourth-order valence-electron chi connectivity index (χ4n) is 6.95. The van der Waals surface area contributed by atoms with Crippen molar-refractivity contribution in [2.24, 2.45) is 0 Å². The fraction of sp³-hybridized carbons (Fsp3) is 0.661. The third-order valence-corrected chi connectivity index (χ3v) is 10.8. The van der Waals surface area contributed by atoms with Crippen LogP contribution in [0.2, 0.25) is 0 Å². The first-order chi connectivity index (χ1) is 31.6. The van der Waals surface area contributed by atoms with E-state index < -0.39 is 6.10 Å². The van der Waals surface area contributed by atoms with Crippen molar-refractivity contribution >= 4 is 11.9 Å². The zero-order valence-corrected chi connectivity index (χ0v) is 41.8. The Bertz CT molecular complexity index is 1280. The molecule has 0 saturated heterocycles. The van der Waals surface area contributed by atoms with Gasteiger partial charge in [0.25, 0.3) is 0 Å². The minimum Gasteiger partial charge on any atom is -0.462 e. The lowest BCUT2D eigenvalue weighted by Crippen LogP contribution is -2.30. The van der Waals surface area contributed by atoms with E-state index in [1.807, 2.05) is 0 Å². The normalized spacial score (nSPS) is 13.1. The Hall–Kier alpha value is -3.44. The second kappa shape index (κ2) is 53.9. The Morgan fingerprint density at radius 1 is 0.359 bits per heavy atom. The van der Waals surface area contributed by atoms with Gasteiger partial charge in [-0.25, -0.2) is 0 Å². The average molecular weight is 887 g/mol. The lowest BCUT2D eigenvalue weighted by molar-refractivity contribution is -0.163. The zero-order chi connectivity index (χ0) is 46.3. The summed E-state index contributed by atoms with van der Waals surface area (Å²) in [6.45, 7) is 7.51. The van der Waals surface area contributed by atoms with Gasteiger partial charge in [0.15, 0.2) is 6.10 Å². The van der Waals surface area contributed by atoms with Crippen LogP contribution in [0.5, 0.6) is 0 Å². The predicted molar refractivity (Wildman–Crippen MR) is 279 cm³/mol. The van der Waals surface area contributed by atoms with Crippen LogP contribution in [-0.4, -0.2) is 37.9 Å². The molecule has 0 spiro atoms. The lowest BCUT2D eigenvalue weighted by Gasteiger charge is -2.18. The molecule has 0 saturated carbocycles. The first-order valence-electron chi connectivity index (χ1n) is 26.4. The highest BCUT2D eigenvalue weighted by molar-refractivity contribution is 5.70. The van der Waals surface area contributed by atoms with E-state index in [0.717, 1.165) is 109 Å². The van der Waals surface area contributed by atoms with Crippen LogP contribution < -0.4 is 0 Å². The van der Waals surface area contributed by atoms with Crippen LogP contribution in [0.25, 0.3) is 0 Å². The Balaban J connectivity index is 4.35. The number of unbranched alkanes of at least 4 members (excludes halogenated alkanes) is 18. The number of hydrogen-bond acceptors (Lipinski definition) is 5. The van der Waals surface area contributed by atoms with Crippen molar-refractivity contribution in [3.05, 3.63) is 109 Å². The molecule has 0 rings (SSSR count). The minimum absolute atomic E-state index is 0.0470. The molecule has 5 nitrogen and oxygen atoms in total. The molecule has 1 unspecified atom stereocenters. The molecule has 0 aromatic heterocycles. The lowest BCUT2D eigenvalue weighted by atomic mass is 10.1. The van der Waals surface area contributed by atoms with Crippen LogP contribution in [0.15, 0.2) is 109 Å². The maximum Gasteiger partial charge on any atom is 0.306 e. The second-order valence-electron chi connectivity index (χ2n) is 17.0. The first-order valence-corrected chi connectivity index (χ1v) is 26.4. The average Bonchev–Trinajstić information content (AvgIpc) is 3.30. The molecule has 364 valence electrons. The standard InChI is InChI=1S/C59H98O5/c1-4-7-10-13-16-19-22-24-26-28-29-30-32-34-36-39-42-45-48-51-54-62-55-57(64-59(61)53-50-47-44-41-37-21-18-15-12-9-6-3)56-63-58(60)52-49-46-43-40-38-35-33-31-27-25-23-20-17-14-11-8-5-2/h7-8,10-11,16-17,19-20,24-27,29-30,33,35,40,43,57H,4-6,9,12-15,18,21-23,28,31-32,34,36-39,41-42,44-56H2,1-3H3/b10-7-,11-8-,19-16-,20-17-,26-24-,27-25-,30-29-,35-33-,43-40-. The van der Waals surface area contributed by atoms with Gasteiger partial charge < -0.3 is 14.2 Å². The summed E-state index contributed by atoms with van der Waals surface area (Å²) in [7, 11) is 0. The molecule has 0 aromatic rings. The molecular weight excluding hydrogens is 789 g/mol. The number of carbonyl (C=O) groups excluding carboxylic acids is 2. The van der Waals surface area contributed by atoms with E-state index in [0.29, 0.717) is 19.4 Å². The van der Waals surface area contributed by atoms with Gasteiger partial charge in [0.05, 0.1) is 6.61 Å². The topological polar surface area (TPSA) is 61.8 Å². The zero-order valence-electron chi connectivity index (χ0n) is 41.8. The van der Waals surface area contributed by atoms with Crippen molar-refractivity contribution in [3.63, 3.8) is 0 Å². The smallest absolute Gasteiger partial charge is 0.306 e. The largest absolute Gasteiger partial charge is 0.462 e. The molecule has 0 aromatic carbocycles. The quantitative estimate of drug-likeness (QED) is 0.0346. The Labute approximate surface area is 395 Å². The molecule has 0 radical (unpaired) electrons. The van der Waals surface area contributed by atoms with Crippen molar-refractivity contribution in [3.8, 4) is 0 Å². The number of ether oxygens (including phenoxy) is 3. The van der Waals surface area contributed by atoms with Crippen molar-refractivity contribution in [1.29, 1.82) is 0 Å². The summed E-state index contributed by atoms with van der Waals surface area (Å²) in [5.74, 6) is -0.474. The van der Waals surface area contributed by atoms with E-state index in [9.17, 15) is 9.59 Å². The number of carbonyl (C=O) groups is 2. The van der Waals surface area contributed by atoms with Crippen LogP contribution in [0.3, 0.4) is 0 Å². The highest BCUT2D eigenvalue weighted by Gasteiger charge is 2.17. The Morgan fingerprint density at radius 3 is 1.17 bits per heavy atom. The first kappa shape index (κ1) is 60.6.